The number of halogens is 1. The minimum absolute atomic E-state index is 0.0444. The van der Waals surface area contributed by atoms with Crippen molar-refractivity contribution in [2.45, 2.75) is 64.3 Å². The van der Waals surface area contributed by atoms with E-state index in [9.17, 15) is 9.59 Å². The van der Waals surface area contributed by atoms with Crippen LogP contribution in [0.2, 0.25) is 5.02 Å². The van der Waals surface area contributed by atoms with E-state index >= 15 is 0 Å². The van der Waals surface area contributed by atoms with Crippen molar-refractivity contribution in [3.05, 3.63) is 64.4 Å². The zero-order chi connectivity index (χ0) is 23.6. The molecule has 1 aliphatic carbocycles. The molecule has 1 heterocycles. The van der Waals surface area contributed by atoms with Gasteiger partial charge in [-0.05, 0) is 59.7 Å². The second kappa shape index (κ2) is 9.60. The first-order valence-corrected chi connectivity index (χ1v) is 12.0. The van der Waals surface area contributed by atoms with Gasteiger partial charge in [0.2, 0.25) is 5.91 Å². The number of carbonyl (C=O) groups excluding carboxylic acids is 2. The lowest BCUT2D eigenvalue weighted by atomic mass is 9.86. The quantitative estimate of drug-likeness (QED) is 0.574. The molecular formula is C27H31ClN2O3. The molecule has 5 nitrogen and oxygen atoms in total. The van der Waals surface area contributed by atoms with Gasteiger partial charge >= 0.3 is 0 Å². The number of nitrogens with zero attached hydrogens (tertiary/aromatic N) is 1. The monoisotopic (exact) mass is 466 g/mol. The number of benzene rings is 2. The summed E-state index contributed by atoms with van der Waals surface area (Å²) in [4.78, 5) is 27.9. The van der Waals surface area contributed by atoms with Crippen LogP contribution in [0.4, 0.5) is 5.69 Å². The molecule has 2 aliphatic rings. The van der Waals surface area contributed by atoms with Gasteiger partial charge in [-0.3, -0.25) is 14.5 Å². The topological polar surface area (TPSA) is 58.6 Å². The molecule has 1 aliphatic heterocycles. The van der Waals surface area contributed by atoms with Gasteiger partial charge in [0, 0.05) is 11.1 Å². The summed E-state index contributed by atoms with van der Waals surface area (Å²) in [5, 5.41) is 3.74. The Morgan fingerprint density at radius 3 is 2.48 bits per heavy atom. The molecule has 0 bridgehead atoms. The predicted octanol–water partition coefficient (Wildman–Crippen LogP) is 5.85. The first-order valence-electron chi connectivity index (χ1n) is 11.6. The van der Waals surface area contributed by atoms with Crippen LogP contribution in [0, 0.1) is 0 Å². The lowest BCUT2D eigenvalue weighted by Crippen LogP contribution is -2.47. The van der Waals surface area contributed by atoms with Crippen LogP contribution in [0.3, 0.4) is 0 Å². The van der Waals surface area contributed by atoms with Crippen LogP contribution >= 0.6 is 11.6 Å². The number of hydrogen-bond acceptors (Lipinski definition) is 3. The van der Waals surface area contributed by atoms with E-state index in [1.165, 1.54) is 11.3 Å². The lowest BCUT2D eigenvalue weighted by molar-refractivity contribution is -0.124. The molecule has 1 N–H and O–H groups in total. The van der Waals surface area contributed by atoms with Crippen LogP contribution in [-0.4, -0.2) is 24.4 Å². The molecule has 4 rings (SSSR count). The second-order valence-electron chi connectivity index (χ2n) is 9.89. The van der Waals surface area contributed by atoms with Gasteiger partial charge in [-0.2, -0.15) is 0 Å². The van der Waals surface area contributed by atoms with Gasteiger partial charge in [0.15, 0.2) is 11.5 Å². The number of fused-ring (bicyclic) bond motifs is 1. The molecular weight excluding hydrogens is 436 g/mol. The molecule has 2 aromatic carbocycles. The summed E-state index contributed by atoms with van der Waals surface area (Å²) in [5.41, 5.74) is 2.39. The molecule has 0 spiro atoms. The van der Waals surface area contributed by atoms with E-state index in [1.807, 2.05) is 30.3 Å². The smallest absolute Gasteiger partial charge is 0.294 e. The molecule has 1 saturated carbocycles. The molecule has 0 radical (unpaired) electrons. The van der Waals surface area contributed by atoms with Gasteiger partial charge in [-0.15, -0.1) is 0 Å². The second-order valence-corrected chi connectivity index (χ2v) is 10.3. The minimum atomic E-state index is -0.331. The predicted molar refractivity (Wildman–Crippen MR) is 133 cm³/mol. The molecule has 1 fully saturated rings. The zero-order valence-corrected chi connectivity index (χ0v) is 20.2. The van der Waals surface area contributed by atoms with Gasteiger partial charge in [-0.1, -0.05) is 69.8 Å². The van der Waals surface area contributed by atoms with Crippen molar-refractivity contribution >= 4 is 35.2 Å². The summed E-state index contributed by atoms with van der Waals surface area (Å²) >= 11 is 5.99. The third kappa shape index (κ3) is 5.59. The maximum atomic E-state index is 13.5. The van der Waals surface area contributed by atoms with Crippen molar-refractivity contribution in [1.29, 1.82) is 0 Å². The normalized spacial score (nSPS) is 18.1. The van der Waals surface area contributed by atoms with E-state index < -0.39 is 0 Å². The average molecular weight is 467 g/mol. The van der Waals surface area contributed by atoms with E-state index in [-0.39, 0.29) is 35.6 Å². The van der Waals surface area contributed by atoms with Crippen molar-refractivity contribution in [1.82, 2.24) is 5.32 Å². The molecule has 0 unspecified atom stereocenters. The number of ether oxygens (including phenoxy) is 1. The van der Waals surface area contributed by atoms with Crippen molar-refractivity contribution < 1.29 is 14.3 Å². The van der Waals surface area contributed by atoms with E-state index in [0.717, 1.165) is 36.8 Å². The van der Waals surface area contributed by atoms with Crippen molar-refractivity contribution in [3.63, 3.8) is 0 Å². The first kappa shape index (κ1) is 23.4. The van der Waals surface area contributed by atoms with Crippen LogP contribution in [0.15, 0.2) is 48.2 Å². The number of hydrogen-bond donors (Lipinski definition) is 1. The van der Waals surface area contributed by atoms with Crippen LogP contribution < -0.4 is 15.0 Å². The Hall–Kier alpha value is -2.79. The van der Waals surface area contributed by atoms with Crippen molar-refractivity contribution in [3.8, 4) is 5.75 Å². The molecule has 2 amide bonds. The minimum Gasteiger partial charge on any atom is -0.449 e. The van der Waals surface area contributed by atoms with Crippen LogP contribution in [0.1, 0.15) is 64.0 Å². The third-order valence-corrected chi connectivity index (χ3v) is 6.48. The van der Waals surface area contributed by atoms with E-state index in [2.05, 4.69) is 26.1 Å². The Balaban J connectivity index is 1.65. The number of amides is 2. The summed E-state index contributed by atoms with van der Waals surface area (Å²) in [6.07, 6.45) is 7.16. The van der Waals surface area contributed by atoms with E-state index in [1.54, 1.807) is 18.2 Å². The lowest BCUT2D eigenvalue weighted by Gasteiger charge is -2.32. The van der Waals surface area contributed by atoms with Crippen LogP contribution in [0.5, 0.6) is 5.75 Å². The van der Waals surface area contributed by atoms with Gasteiger partial charge in [-0.25, -0.2) is 0 Å². The summed E-state index contributed by atoms with van der Waals surface area (Å²) in [7, 11) is 0. The Bertz CT molecular complexity index is 1060. The van der Waals surface area contributed by atoms with Crippen LogP contribution in [0.25, 0.3) is 6.08 Å². The maximum Gasteiger partial charge on any atom is 0.294 e. The largest absolute Gasteiger partial charge is 0.449 e. The summed E-state index contributed by atoms with van der Waals surface area (Å²) in [5.74, 6) is 0.268. The van der Waals surface area contributed by atoms with E-state index in [0.29, 0.717) is 16.5 Å². The fraction of sp³-hybridized carbons (Fsp3) is 0.407. The molecule has 0 saturated heterocycles. The SMILES string of the molecule is CC(C)(C)c1ccc2c(c1)N(CC(=O)NC1CCCCC1)C(=O)/C(=C\c1ccc(Cl)cc1)O2. The van der Waals surface area contributed by atoms with Gasteiger partial charge in [0.25, 0.3) is 5.91 Å². The summed E-state index contributed by atoms with van der Waals surface area (Å²) < 4.78 is 6.01. The number of carbonyl (C=O) groups is 2. The fourth-order valence-corrected chi connectivity index (χ4v) is 4.43. The van der Waals surface area contributed by atoms with Crippen LogP contribution in [-0.2, 0) is 15.0 Å². The molecule has 33 heavy (non-hydrogen) atoms. The Kier molecular flexibility index (Phi) is 6.80. The summed E-state index contributed by atoms with van der Waals surface area (Å²) in [6.45, 7) is 6.31. The van der Waals surface area contributed by atoms with Crippen molar-refractivity contribution in [2.75, 3.05) is 11.4 Å². The number of nitrogens with one attached hydrogen (secondary N) is 1. The number of anilines is 1. The van der Waals surface area contributed by atoms with Gasteiger partial charge in [0.1, 0.15) is 6.54 Å². The Morgan fingerprint density at radius 1 is 1.12 bits per heavy atom. The molecule has 0 aromatic heterocycles. The Morgan fingerprint density at radius 2 is 1.82 bits per heavy atom. The average Bonchev–Trinajstić information content (AvgIpc) is 2.78. The highest BCUT2D eigenvalue weighted by Crippen LogP contribution is 2.39. The first-order chi connectivity index (χ1) is 15.7. The maximum absolute atomic E-state index is 13.5. The summed E-state index contributed by atoms with van der Waals surface area (Å²) in [6, 6.07) is 13.2. The standard InChI is InChI=1S/C27H31ClN2O3/c1-27(2,3)19-11-14-23-22(16-19)30(17-25(31)29-21-7-5-4-6-8-21)26(32)24(33-23)15-18-9-12-20(28)13-10-18/h9-16,21H,4-8,17H2,1-3H3,(H,29,31)/b24-15+. The zero-order valence-electron chi connectivity index (χ0n) is 19.5. The highest BCUT2D eigenvalue weighted by molar-refractivity contribution is 6.30. The molecule has 6 heteroatoms. The molecule has 0 atom stereocenters. The van der Waals surface area contributed by atoms with Gasteiger partial charge < -0.3 is 10.1 Å². The van der Waals surface area contributed by atoms with Gasteiger partial charge in [0.05, 0.1) is 5.69 Å². The van der Waals surface area contributed by atoms with Crippen molar-refractivity contribution in [2.24, 2.45) is 0 Å². The highest BCUT2D eigenvalue weighted by Gasteiger charge is 2.33. The Labute approximate surface area is 200 Å². The number of rotatable bonds is 4. The highest BCUT2D eigenvalue weighted by atomic mass is 35.5. The molecule has 174 valence electrons. The third-order valence-electron chi connectivity index (χ3n) is 6.23. The fourth-order valence-electron chi connectivity index (χ4n) is 4.31. The molecule has 2 aromatic rings. The van der Waals surface area contributed by atoms with E-state index in [4.69, 9.17) is 16.3 Å².